The van der Waals surface area contributed by atoms with E-state index in [9.17, 15) is 19.1 Å². The second-order valence-corrected chi connectivity index (χ2v) is 7.71. The highest BCUT2D eigenvalue weighted by Gasteiger charge is 2.31. The first kappa shape index (κ1) is 20.0. The highest BCUT2D eigenvalue weighted by molar-refractivity contribution is 7.98. The van der Waals surface area contributed by atoms with Gasteiger partial charge in [-0.15, -0.1) is 0 Å². The summed E-state index contributed by atoms with van der Waals surface area (Å²) in [6.07, 6.45) is 0.0629. The van der Waals surface area contributed by atoms with Gasteiger partial charge in [0.05, 0.1) is 12.7 Å². The number of amides is 1. The highest BCUT2D eigenvalue weighted by atomic mass is 32.2. The van der Waals surface area contributed by atoms with Gasteiger partial charge in [-0.2, -0.15) is 0 Å². The fourth-order valence-corrected chi connectivity index (χ4v) is 4.22. The van der Waals surface area contributed by atoms with Crippen molar-refractivity contribution in [1.82, 2.24) is 9.97 Å². The zero-order valence-corrected chi connectivity index (χ0v) is 16.8. The Morgan fingerprint density at radius 3 is 2.83 bits per heavy atom. The number of carbonyl (C=O) groups excluding carboxylic acids is 1. The lowest BCUT2D eigenvalue weighted by atomic mass is 9.86. The number of hydrogen-bond acceptors (Lipinski definition) is 6. The molecule has 2 heterocycles. The van der Waals surface area contributed by atoms with E-state index in [0.717, 1.165) is 0 Å². The van der Waals surface area contributed by atoms with Gasteiger partial charge in [0.15, 0.2) is 16.7 Å². The minimum atomic E-state index is -0.537. The molecule has 1 atom stereocenters. The number of halogens is 1. The SMILES string of the molecule is COc1cc([C@H]2CC(=O)Nc3nc(SCc4ccccc4F)[nH]c(=O)c32)ccc1O. The van der Waals surface area contributed by atoms with Crippen molar-refractivity contribution < 1.29 is 19.0 Å². The third-order valence-corrected chi connectivity index (χ3v) is 5.78. The number of nitrogens with zero attached hydrogens (tertiary/aromatic N) is 1. The van der Waals surface area contributed by atoms with E-state index in [4.69, 9.17) is 4.74 Å². The molecule has 3 aromatic rings. The predicted molar refractivity (Wildman–Crippen MR) is 111 cm³/mol. The molecule has 1 aliphatic heterocycles. The van der Waals surface area contributed by atoms with Crippen LogP contribution in [0.15, 0.2) is 52.4 Å². The Morgan fingerprint density at radius 1 is 1.27 bits per heavy atom. The van der Waals surface area contributed by atoms with Gasteiger partial charge in [0.25, 0.3) is 5.56 Å². The van der Waals surface area contributed by atoms with Crippen molar-refractivity contribution in [1.29, 1.82) is 0 Å². The molecule has 7 nitrogen and oxygen atoms in total. The first-order valence-electron chi connectivity index (χ1n) is 9.13. The van der Waals surface area contributed by atoms with Gasteiger partial charge < -0.3 is 20.1 Å². The Hall–Kier alpha value is -3.33. The number of aromatic nitrogens is 2. The smallest absolute Gasteiger partial charge is 0.257 e. The standard InChI is InChI=1S/C21H18FN3O4S/c1-29-16-8-11(6-7-15(16)26)13-9-17(27)23-19-18(13)20(28)25-21(24-19)30-10-12-4-2-3-5-14(12)22/h2-8,13,26H,9-10H2,1H3,(H2,23,24,25,27,28)/t13-/m1/s1. The molecule has 9 heteroatoms. The summed E-state index contributed by atoms with van der Waals surface area (Å²) >= 11 is 1.17. The molecule has 0 spiro atoms. The lowest BCUT2D eigenvalue weighted by Crippen LogP contribution is -2.31. The molecule has 1 aromatic heterocycles. The number of benzene rings is 2. The molecule has 2 aromatic carbocycles. The maximum atomic E-state index is 13.8. The molecule has 3 N–H and O–H groups in total. The quantitative estimate of drug-likeness (QED) is 0.426. The number of carbonyl (C=O) groups is 1. The summed E-state index contributed by atoms with van der Waals surface area (Å²) in [5.41, 5.74) is 1.09. The molecule has 1 aliphatic rings. The van der Waals surface area contributed by atoms with Gasteiger partial charge in [0.2, 0.25) is 5.91 Å². The number of rotatable bonds is 5. The molecule has 30 heavy (non-hydrogen) atoms. The summed E-state index contributed by atoms with van der Waals surface area (Å²) in [5.74, 6) is -0.466. The van der Waals surface area contributed by atoms with Crippen LogP contribution in [0.2, 0.25) is 0 Å². The monoisotopic (exact) mass is 427 g/mol. The minimum Gasteiger partial charge on any atom is -0.504 e. The predicted octanol–water partition coefficient (Wildman–Crippen LogP) is 3.39. The van der Waals surface area contributed by atoms with Gasteiger partial charge in [-0.1, -0.05) is 36.0 Å². The third kappa shape index (κ3) is 3.88. The van der Waals surface area contributed by atoms with E-state index in [1.54, 1.807) is 30.3 Å². The van der Waals surface area contributed by atoms with Gasteiger partial charge in [0, 0.05) is 18.1 Å². The lowest BCUT2D eigenvalue weighted by Gasteiger charge is -2.25. The van der Waals surface area contributed by atoms with Gasteiger partial charge in [-0.05, 0) is 29.3 Å². The molecule has 1 amide bonds. The van der Waals surface area contributed by atoms with Gasteiger partial charge in [0.1, 0.15) is 11.6 Å². The molecular weight excluding hydrogens is 409 g/mol. The zero-order chi connectivity index (χ0) is 21.3. The first-order valence-corrected chi connectivity index (χ1v) is 10.1. The summed E-state index contributed by atoms with van der Waals surface area (Å²) in [7, 11) is 1.42. The van der Waals surface area contributed by atoms with Crippen molar-refractivity contribution in [3.63, 3.8) is 0 Å². The number of aromatic hydroxyl groups is 1. The van der Waals surface area contributed by atoms with E-state index < -0.39 is 5.92 Å². The van der Waals surface area contributed by atoms with E-state index in [1.807, 2.05) is 0 Å². The molecular formula is C21H18FN3O4S. The molecule has 154 valence electrons. The van der Waals surface area contributed by atoms with Crippen molar-refractivity contribution >= 4 is 23.5 Å². The maximum Gasteiger partial charge on any atom is 0.257 e. The highest BCUT2D eigenvalue weighted by Crippen LogP contribution is 2.38. The molecule has 0 saturated heterocycles. The van der Waals surface area contributed by atoms with Crippen LogP contribution in [0.5, 0.6) is 11.5 Å². The number of aromatic amines is 1. The molecule has 0 fully saturated rings. The number of hydrogen-bond donors (Lipinski definition) is 3. The Labute approximate surface area is 175 Å². The number of nitrogens with one attached hydrogen (secondary N) is 2. The maximum absolute atomic E-state index is 13.8. The van der Waals surface area contributed by atoms with E-state index in [-0.39, 0.29) is 51.9 Å². The minimum absolute atomic E-state index is 0.0336. The average Bonchev–Trinajstić information content (AvgIpc) is 2.72. The fraction of sp³-hybridized carbons (Fsp3) is 0.190. The summed E-state index contributed by atoms with van der Waals surface area (Å²) in [6.45, 7) is 0. The second kappa shape index (κ2) is 8.19. The molecule has 0 radical (unpaired) electrons. The molecule has 0 unspecified atom stereocenters. The number of phenols is 1. The normalized spacial score (nSPS) is 15.4. The Morgan fingerprint density at radius 2 is 2.07 bits per heavy atom. The fourth-order valence-electron chi connectivity index (χ4n) is 3.38. The van der Waals surface area contributed by atoms with Gasteiger partial charge in [-0.25, -0.2) is 9.37 Å². The first-order chi connectivity index (χ1) is 14.5. The topological polar surface area (TPSA) is 104 Å². The van der Waals surface area contributed by atoms with Gasteiger partial charge >= 0.3 is 0 Å². The van der Waals surface area contributed by atoms with E-state index >= 15 is 0 Å². The number of H-pyrrole nitrogens is 1. The molecule has 4 rings (SSSR count). The number of phenolic OH excluding ortho intramolecular Hbond substituents is 1. The number of thioether (sulfide) groups is 1. The van der Waals surface area contributed by atoms with Gasteiger partial charge in [-0.3, -0.25) is 9.59 Å². The van der Waals surface area contributed by atoms with Crippen LogP contribution in [0.1, 0.15) is 29.0 Å². The van der Waals surface area contributed by atoms with Crippen molar-refractivity contribution in [3.05, 3.63) is 75.3 Å². The van der Waals surface area contributed by atoms with Crippen LogP contribution >= 0.6 is 11.8 Å². The van der Waals surface area contributed by atoms with E-state index in [1.165, 1.54) is 31.0 Å². The van der Waals surface area contributed by atoms with E-state index in [0.29, 0.717) is 16.7 Å². The van der Waals surface area contributed by atoms with Crippen molar-refractivity contribution in [2.24, 2.45) is 0 Å². The Kier molecular flexibility index (Phi) is 5.45. The Balaban J connectivity index is 1.68. The van der Waals surface area contributed by atoms with Crippen molar-refractivity contribution in [3.8, 4) is 11.5 Å². The number of anilines is 1. The van der Waals surface area contributed by atoms with E-state index in [2.05, 4.69) is 15.3 Å². The molecule has 0 saturated carbocycles. The summed E-state index contributed by atoms with van der Waals surface area (Å²) in [6, 6.07) is 11.1. The largest absolute Gasteiger partial charge is 0.504 e. The summed E-state index contributed by atoms with van der Waals surface area (Å²) in [4.78, 5) is 32.2. The third-order valence-electron chi connectivity index (χ3n) is 4.86. The molecule has 0 bridgehead atoms. The molecule has 0 aliphatic carbocycles. The van der Waals surface area contributed by atoms with Crippen LogP contribution in [0.25, 0.3) is 0 Å². The van der Waals surface area contributed by atoms with Crippen molar-refractivity contribution in [2.45, 2.75) is 23.2 Å². The van der Waals surface area contributed by atoms with Crippen LogP contribution in [0.4, 0.5) is 10.2 Å². The second-order valence-electron chi connectivity index (χ2n) is 6.75. The number of ether oxygens (including phenoxy) is 1. The Bertz CT molecular complexity index is 1180. The van der Waals surface area contributed by atoms with Crippen LogP contribution in [0, 0.1) is 5.82 Å². The van der Waals surface area contributed by atoms with Crippen LogP contribution in [-0.4, -0.2) is 28.1 Å². The average molecular weight is 427 g/mol. The summed E-state index contributed by atoms with van der Waals surface area (Å²) in [5, 5.41) is 12.8. The van der Waals surface area contributed by atoms with Crippen molar-refractivity contribution in [2.75, 3.05) is 12.4 Å². The number of fused-ring (bicyclic) bond motifs is 1. The lowest BCUT2D eigenvalue weighted by molar-refractivity contribution is -0.116. The van der Waals surface area contributed by atoms with Crippen LogP contribution in [-0.2, 0) is 10.5 Å². The van der Waals surface area contributed by atoms with Crippen LogP contribution in [0.3, 0.4) is 0 Å². The van der Waals surface area contributed by atoms with Crippen LogP contribution < -0.4 is 15.6 Å². The summed E-state index contributed by atoms with van der Waals surface area (Å²) < 4.78 is 19.0. The zero-order valence-electron chi connectivity index (χ0n) is 15.9. The number of methoxy groups -OCH3 is 1.